The molecule has 166 valence electrons. The smallest absolute Gasteiger partial charge is 0.408 e. The summed E-state index contributed by atoms with van der Waals surface area (Å²) in [5.74, 6) is -0.461. The lowest BCUT2D eigenvalue weighted by Gasteiger charge is -2.17. The summed E-state index contributed by atoms with van der Waals surface area (Å²) in [5, 5.41) is 7.64. The monoisotopic (exact) mass is 441 g/mol. The molecule has 8 heteroatoms. The minimum Gasteiger partial charge on any atom is -0.445 e. The third-order valence-corrected chi connectivity index (χ3v) is 4.99. The first-order chi connectivity index (χ1) is 16.2. The Bertz CT molecular complexity index is 1240. The summed E-state index contributed by atoms with van der Waals surface area (Å²) in [4.78, 5) is 32.5. The lowest BCUT2D eigenvalue weighted by atomic mass is 10.0. The molecule has 2 heterocycles. The molecule has 0 unspecified atom stereocenters. The summed E-state index contributed by atoms with van der Waals surface area (Å²) in [6.07, 6.45) is 6.17. The number of pyridine rings is 1. The molecule has 3 N–H and O–H groups in total. The standard InChI is InChI=1S/C25H23N5O3/c31-24(30-28-15-19-9-6-12-26-14-19)23(13-20-16-27-22-11-5-4-10-21(20)22)29-25(32)33-17-18-7-2-1-3-8-18/h1-12,14-16,23,27H,13,17H2,(H,29,32)(H,30,31)/b28-15-/t23-/m0/s1. The first-order valence-corrected chi connectivity index (χ1v) is 10.4. The highest BCUT2D eigenvalue weighted by atomic mass is 16.5. The van der Waals surface area contributed by atoms with Crippen LogP contribution >= 0.6 is 0 Å². The van der Waals surface area contributed by atoms with Gasteiger partial charge >= 0.3 is 6.09 Å². The van der Waals surface area contributed by atoms with Crippen LogP contribution in [0.25, 0.3) is 10.9 Å². The quantitative estimate of drug-likeness (QED) is 0.287. The molecule has 0 aliphatic carbocycles. The molecular weight excluding hydrogens is 418 g/mol. The van der Waals surface area contributed by atoms with E-state index in [1.54, 1.807) is 18.5 Å². The zero-order valence-electron chi connectivity index (χ0n) is 17.8. The number of hydrogen-bond donors (Lipinski definition) is 3. The Morgan fingerprint density at radius 1 is 1.06 bits per heavy atom. The SMILES string of the molecule is O=C(N[C@@H](Cc1c[nH]c2ccccc12)C(=O)N/N=C\c1cccnc1)OCc1ccccc1. The normalized spacial score (nSPS) is 11.9. The average Bonchev–Trinajstić information content (AvgIpc) is 3.26. The maximum Gasteiger partial charge on any atom is 0.408 e. The van der Waals surface area contributed by atoms with Crippen LogP contribution in [0.1, 0.15) is 16.7 Å². The molecule has 0 fully saturated rings. The number of amides is 2. The summed E-state index contributed by atoms with van der Waals surface area (Å²) in [6, 6.07) is 19.8. The van der Waals surface area contributed by atoms with Crippen LogP contribution in [0, 0.1) is 0 Å². The Morgan fingerprint density at radius 3 is 2.70 bits per heavy atom. The second-order valence-electron chi connectivity index (χ2n) is 7.34. The summed E-state index contributed by atoms with van der Waals surface area (Å²) in [5.41, 5.74) is 5.93. The number of nitrogens with one attached hydrogen (secondary N) is 3. The molecule has 0 spiro atoms. The highest BCUT2D eigenvalue weighted by Crippen LogP contribution is 2.19. The van der Waals surface area contributed by atoms with E-state index in [0.717, 1.165) is 27.6 Å². The Balaban J connectivity index is 1.45. The molecule has 0 aliphatic rings. The van der Waals surface area contributed by atoms with Crippen molar-refractivity contribution < 1.29 is 14.3 Å². The van der Waals surface area contributed by atoms with Gasteiger partial charge in [-0.1, -0.05) is 54.6 Å². The predicted molar refractivity (Wildman–Crippen MR) is 126 cm³/mol. The number of alkyl carbamates (subject to hydrolysis) is 1. The molecule has 0 saturated carbocycles. The van der Waals surface area contributed by atoms with E-state index < -0.39 is 18.0 Å². The molecule has 0 saturated heterocycles. The van der Waals surface area contributed by atoms with E-state index in [4.69, 9.17) is 4.74 Å². The van der Waals surface area contributed by atoms with Crippen LogP contribution in [0.2, 0.25) is 0 Å². The highest BCUT2D eigenvalue weighted by Gasteiger charge is 2.23. The second-order valence-corrected chi connectivity index (χ2v) is 7.34. The maximum absolute atomic E-state index is 12.9. The van der Waals surface area contributed by atoms with E-state index >= 15 is 0 Å². The molecule has 0 aliphatic heterocycles. The average molecular weight is 441 g/mol. The van der Waals surface area contributed by atoms with Crippen LogP contribution in [-0.2, 0) is 22.6 Å². The number of carbonyl (C=O) groups excluding carboxylic acids is 2. The molecule has 1 atom stereocenters. The van der Waals surface area contributed by atoms with Crippen LogP contribution < -0.4 is 10.7 Å². The van der Waals surface area contributed by atoms with Gasteiger partial charge in [-0.25, -0.2) is 10.2 Å². The van der Waals surface area contributed by atoms with E-state index in [9.17, 15) is 9.59 Å². The molecule has 0 radical (unpaired) electrons. The zero-order chi connectivity index (χ0) is 22.9. The third kappa shape index (κ3) is 6.04. The largest absolute Gasteiger partial charge is 0.445 e. The first-order valence-electron chi connectivity index (χ1n) is 10.4. The van der Waals surface area contributed by atoms with Crippen LogP contribution in [0.3, 0.4) is 0 Å². The van der Waals surface area contributed by atoms with Gasteiger partial charge in [-0.05, 0) is 23.3 Å². The Hall–Kier alpha value is -4.46. The van der Waals surface area contributed by atoms with Gasteiger partial charge in [-0.15, -0.1) is 0 Å². The predicted octanol–water partition coefficient (Wildman–Crippen LogP) is 3.55. The Morgan fingerprint density at radius 2 is 1.88 bits per heavy atom. The highest BCUT2D eigenvalue weighted by molar-refractivity contribution is 5.89. The second kappa shape index (κ2) is 10.7. The van der Waals surface area contributed by atoms with Crippen molar-refractivity contribution in [2.24, 2.45) is 5.10 Å². The number of hydrazone groups is 1. The number of hydrogen-bond acceptors (Lipinski definition) is 5. The van der Waals surface area contributed by atoms with Gasteiger partial charge in [0.05, 0.1) is 6.21 Å². The fourth-order valence-electron chi connectivity index (χ4n) is 3.34. The van der Waals surface area contributed by atoms with Gasteiger partial charge in [0.15, 0.2) is 0 Å². The van der Waals surface area contributed by atoms with E-state index in [1.165, 1.54) is 6.21 Å². The van der Waals surface area contributed by atoms with Gasteiger partial charge in [0.1, 0.15) is 12.6 Å². The third-order valence-electron chi connectivity index (χ3n) is 4.99. The van der Waals surface area contributed by atoms with Crippen LogP contribution in [0.4, 0.5) is 4.79 Å². The number of benzene rings is 2. The van der Waals surface area contributed by atoms with Gasteiger partial charge in [-0.3, -0.25) is 9.78 Å². The lowest BCUT2D eigenvalue weighted by Crippen LogP contribution is -2.47. The number of carbonyl (C=O) groups is 2. The number of aromatic amines is 1. The maximum atomic E-state index is 12.9. The molecule has 8 nitrogen and oxygen atoms in total. The van der Waals surface area contributed by atoms with Gasteiger partial charge in [-0.2, -0.15) is 5.10 Å². The van der Waals surface area contributed by atoms with Gasteiger partial charge < -0.3 is 15.0 Å². The van der Waals surface area contributed by atoms with Crippen molar-refractivity contribution in [2.75, 3.05) is 0 Å². The van der Waals surface area contributed by atoms with Gasteiger partial charge in [0.25, 0.3) is 5.91 Å². The number of fused-ring (bicyclic) bond motifs is 1. The molecule has 2 aromatic heterocycles. The molecule has 2 aromatic carbocycles. The molecule has 4 rings (SSSR count). The van der Waals surface area contributed by atoms with Crippen LogP contribution in [-0.4, -0.2) is 34.2 Å². The van der Waals surface area contributed by atoms with Gasteiger partial charge in [0.2, 0.25) is 0 Å². The fourth-order valence-corrected chi connectivity index (χ4v) is 3.34. The minimum atomic E-state index is -0.890. The topological polar surface area (TPSA) is 108 Å². The number of H-pyrrole nitrogens is 1. The van der Waals surface area contributed by atoms with Crippen LogP contribution in [0.15, 0.2) is 90.4 Å². The zero-order valence-corrected chi connectivity index (χ0v) is 17.8. The molecule has 33 heavy (non-hydrogen) atoms. The summed E-state index contributed by atoms with van der Waals surface area (Å²) in [7, 11) is 0. The number of para-hydroxylation sites is 1. The Kier molecular flexibility index (Phi) is 7.07. The number of aromatic nitrogens is 2. The molecular formula is C25H23N5O3. The van der Waals surface area contributed by atoms with Crippen molar-refractivity contribution in [3.05, 3.63) is 102 Å². The van der Waals surface area contributed by atoms with Crippen molar-refractivity contribution in [1.82, 2.24) is 20.7 Å². The van der Waals surface area contributed by atoms with Crippen molar-refractivity contribution in [2.45, 2.75) is 19.1 Å². The summed E-state index contributed by atoms with van der Waals surface area (Å²) >= 11 is 0. The van der Waals surface area contributed by atoms with E-state index in [1.807, 2.05) is 66.9 Å². The number of rotatable bonds is 8. The van der Waals surface area contributed by atoms with E-state index in [0.29, 0.717) is 0 Å². The van der Waals surface area contributed by atoms with Crippen molar-refractivity contribution in [3.8, 4) is 0 Å². The Labute approximate surface area is 190 Å². The number of ether oxygens (including phenoxy) is 1. The van der Waals surface area contributed by atoms with Crippen molar-refractivity contribution in [1.29, 1.82) is 0 Å². The summed E-state index contributed by atoms with van der Waals surface area (Å²) < 4.78 is 5.30. The molecule has 2 amide bonds. The van der Waals surface area contributed by atoms with Crippen LogP contribution in [0.5, 0.6) is 0 Å². The van der Waals surface area contributed by atoms with Gasteiger partial charge in [0, 0.05) is 41.5 Å². The lowest BCUT2D eigenvalue weighted by molar-refractivity contribution is -0.123. The van der Waals surface area contributed by atoms with Crippen molar-refractivity contribution >= 4 is 29.1 Å². The first kappa shape index (κ1) is 21.8. The fraction of sp³-hybridized carbons (Fsp3) is 0.120. The molecule has 4 aromatic rings. The van der Waals surface area contributed by atoms with Crippen molar-refractivity contribution in [3.63, 3.8) is 0 Å². The van der Waals surface area contributed by atoms with E-state index in [2.05, 4.69) is 25.8 Å². The molecule has 0 bridgehead atoms. The van der Waals surface area contributed by atoms with E-state index in [-0.39, 0.29) is 13.0 Å². The number of nitrogens with zero attached hydrogens (tertiary/aromatic N) is 2. The minimum absolute atomic E-state index is 0.104. The summed E-state index contributed by atoms with van der Waals surface area (Å²) in [6.45, 7) is 0.104.